The molecule has 28 heavy (non-hydrogen) atoms. The molecule has 2 N–H and O–H groups in total. The molecule has 0 radical (unpaired) electrons. The average Bonchev–Trinajstić information content (AvgIpc) is 3.14. The first-order chi connectivity index (χ1) is 13.6. The Kier molecular flexibility index (Phi) is 7.53. The number of aromatic nitrogens is 2. The first kappa shape index (κ1) is 20.4. The van der Waals surface area contributed by atoms with Crippen LogP contribution in [0.5, 0.6) is 5.75 Å². The molecule has 0 saturated heterocycles. The van der Waals surface area contributed by atoms with Gasteiger partial charge in [-0.15, -0.1) is 10.2 Å². The number of carbonyl (C=O) groups excluding carboxylic acids is 1. The van der Waals surface area contributed by atoms with E-state index in [1.165, 1.54) is 23.1 Å². The SMILES string of the molecule is CCOc1ccccc1Nc1nnc(SCC(=O)NCc2cccc(Cl)c2)s1. The zero-order chi connectivity index (χ0) is 19.8. The highest BCUT2D eigenvalue weighted by Crippen LogP contribution is 2.31. The number of ether oxygens (including phenoxy) is 1. The Morgan fingerprint density at radius 3 is 2.89 bits per heavy atom. The fourth-order valence-electron chi connectivity index (χ4n) is 2.31. The number of amides is 1. The second-order valence-electron chi connectivity index (χ2n) is 5.62. The zero-order valence-electron chi connectivity index (χ0n) is 15.1. The largest absolute Gasteiger partial charge is 0.492 e. The predicted molar refractivity (Wildman–Crippen MR) is 115 cm³/mol. The Morgan fingerprint density at radius 1 is 1.21 bits per heavy atom. The molecular formula is C19H19ClN4O2S2. The van der Waals surface area contributed by atoms with E-state index < -0.39 is 0 Å². The van der Waals surface area contributed by atoms with Gasteiger partial charge in [0.05, 0.1) is 18.0 Å². The predicted octanol–water partition coefficient (Wildman–Crippen LogP) is 4.74. The molecule has 0 unspecified atom stereocenters. The summed E-state index contributed by atoms with van der Waals surface area (Å²) in [6.45, 7) is 2.96. The van der Waals surface area contributed by atoms with Crippen LogP contribution in [0.4, 0.5) is 10.8 Å². The van der Waals surface area contributed by atoms with Crippen LogP contribution in [0.2, 0.25) is 5.02 Å². The van der Waals surface area contributed by atoms with E-state index in [2.05, 4.69) is 20.8 Å². The summed E-state index contributed by atoms with van der Waals surface area (Å²) in [5.74, 6) is 0.955. The summed E-state index contributed by atoms with van der Waals surface area (Å²) >= 11 is 8.68. The zero-order valence-corrected chi connectivity index (χ0v) is 17.5. The molecule has 3 aromatic rings. The molecular weight excluding hydrogens is 416 g/mol. The van der Waals surface area contributed by atoms with Crippen molar-refractivity contribution < 1.29 is 9.53 Å². The van der Waals surface area contributed by atoms with Crippen molar-refractivity contribution in [2.75, 3.05) is 17.7 Å². The highest BCUT2D eigenvalue weighted by Gasteiger charge is 2.10. The van der Waals surface area contributed by atoms with Crippen molar-refractivity contribution in [1.29, 1.82) is 0 Å². The summed E-state index contributed by atoms with van der Waals surface area (Å²) in [7, 11) is 0. The molecule has 0 fully saturated rings. The molecule has 0 aliphatic carbocycles. The van der Waals surface area contributed by atoms with Gasteiger partial charge in [0.15, 0.2) is 4.34 Å². The van der Waals surface area contributed by atoms with E-state index in [-0.39, 0.29) is 11.7 Å². The molecule has 0 saturated carbocycles. The summed E-state index contributed by atoms with van der Waals surface area (Å²) in [4.78, 5) is 12.0. The Hall–Kier alpha value is -2.29. The summed E-state index contributed by atoms with van der Waals surface area (Å²) in [6, 6.07) is 15.1. The van der Waals surface area contributed by atoms with Crippen molar-refractivity contribution in [2.45, 2.75) is 17.8 Å². The van der Waals surface area contributed by atoms with Crippen molar-refractivity contribution in [3.63, 3.8) is 0 Å². The highest BCUT2D eigenvalue weighted by atomic mass is 35.5. The maximum absolute atomic E-state index is 12.0. The number of nitrogens with one attached hydrogen (secondary N) is 2. The minimum absolute atomic E-state index is 0.0728. The van der Waals surface area contributed by atoms with Gasteiger partial charge in [0.25, 0.3) is 0 Å². The van der Waals surface area contributed by atoms with E-state index in [9.17, 15) is 4.79 Å². The molecule has 146 valence electrons. The number of nitrogens with zero attached hydrogens (tertiary/aromatic N) is 2. The first-order valence-electron chi connectivity index (χ1n) is 8.60. The fraction of sp³-hybridized carbons (Fsp3) is 0.211. The molecule has 0 atom stereocenters. The average molecular weight is 435 g/mol. The maximum atomic E-state index is 12.0. The van der Waals surface area contributed by atoms with Crippen molar-refractivity contribution >= 4 is 51.4 Å². The van der Waals surface area contributed by atoms with Gasteiger partial charge in [-0.05, 0) is 36.8 Å². The molecule has 0 aliphatic heterocycles. The van der Waals surface area contributed by atoms with Crippen LogP contribution in [0, 0.1) is 0 Å². The fourth-order valence-corrected chi connectivity index (χ4v) is 4.12. The smallest absolute Gasteiger partial charge is 0.230 e. The van der Waals surface area contributed by atoms with Gasteiger partial charge in [0, 0.05) is 11.6 Å². The van der Waals surface area contributed by atoms with Crippen LogP contribution < -0.4 is 15.4 Å². The number of hydrogen-bond acceptors (Lipinski definition) is 7. The van der Waals surface area contributed by atoms with Gasteiger partial charge in [-0.2, -0.15) is 0 Å². The molecule has 1 heterocycles. The number of halogens is 1. The third-order valence-corrected chi connectivity index (χ3v) is 5.75. The van der Waals surface area contributed by atoms with E-state index in [4.69, 9.17) is 16.3 Å². The molecule has 2 aromatic carbocycles. The first-order valence-corrected chi connectivity index (χ1v) is 10.8. The van der Waals surface area contributed by atoms with Gasteiger partial charge in [-0.25, -0.2) is 0 Å². The Labute approximate surface area is 176 Å². The number of carbonyl (C=O) groups is 1. The van der Waals surface area contributed by atoms with Crippen LogP contribution in [0.15, 0.2) is 52.9 Å². The van der Waals surface area contributed by atoms with Gasteiger partial charge in [-0.1, -0.05) is 59.0 Å². The van der Waals surface area contributed by atoms with Crippen LogP contribution in [-0.4, -0.2) is 28.5 Å². The lowest BCUT2D eigenvalue weighted by Gasteiger charge is -2.09. The van der Waals surface area contributed by atoms with Crippen LogP contribution in [0.3, 0.4) is 0 Å². The Morgan fingerprint density at radius 2 is 2.07 bits per heavy atom. The normalized spacial score (nSPS) is 10.5. The van der Waals surface area contributed by atoms with E-state index in [0.29, 0.717) is 27.6 Å². The number of hydrogen-bond donors (Lipinski definition) is 2. The molecule has 0 spiro atoms. The number of para-hydroxylation sites is 2. The molecule has 1 aromatic heterocycles. The molecule has 0 bridgehead atoms. The molecule has 3 rings (SSSR count). The van der Waals surface area contributed by atoms with Crippen LogP contribution in [0.1, 0.15) is 12.5 Å². The topological polar surface area (TPSA) is 76.1 Å². The Balaban J connectivity index is 1.49. The number of rotatable bonds is 9. The highest BCUT2D eigenvalue weighted by molar-refractivity contribution is 8.01. The molecule has 0 aliphatic rings. The summed E-state index contributed by atoms with van der Waals surface area (Å²) in [5.41, 5.74) is 1.79. The summed E-state index contributed by atoms with van der Waals surface area (Å²) in [5, 5.41) is 15.6. The minimum Gasteiger partial charge on any atom is -0.492 e. The number of benzene rings is 2. The Bertz CT molecular complexity index is 936. The monoisotopic (exact) mass is 434 g/mol. The van der Waals surface area contributed by atoms with E-state index in [1.807, 2.05) is 49.4 Å². The van der Waals surface area contributed by atoms with Gasteiger partial charge in [0.1, 0.15) is 5.75 Å². The maximum Gasteiger partial charge on any atom is 0.230 e. The van der Waals surface area contributed by atoms with Crippen LogP contribution in [0.25, 0.3) is 0 Å². The molecule has 6 nitrogen and oxygen atoms in total. The van der Waals surface area contributed by atoms with E-state index >= 15 is 0 Å². The second kappa shape index (κ2) is 10.3. The quantitative estimate of drug-likeness (QED) is 0.473. The molecule has 1 amide bonds. The van der Waals surface area contributed by atoms with Crippen molar-refractivity contribution in [2.24, 2.45) is 0 Å². The van der Waals surface area contributed by atoms with Gasteiger partial charge in [-0.3, -0.25) is 4.79 Å². The van der Waals surface area contributed by atoms with Gasteiger partial charge in [0.2, 0.25) is 11.0 Å². The third-order valence-electron chi connectivity index (χ3n) is 3.54. The van der Waals surface area contributed by atoms with Crippen molar-refractivity contribution in [3.8, 4) is 5.75 Å². The molecule has 9 heteroatoms. The van der Waals surface area contributed by atoms with Crippen molar-refractivity contribution in [1.82, 2.24) is 15.5 Å². The lowest BCUT2D eigenvalue weighted by molar-refractivity contribution is -0.118. The lowest BCUT2D eigenvalue weighted by Crippen LogP contribution is -2.24. The number of thioether (sulfide) groups is 1. The van der Waals surface area contributed by atoms with E-state index in [1.54, 1.807) is 6.07 Å². The second-order valence-corrected chi connectivity index (χ2v) is 8.26. The number of anilines is 2. The van der Waals surface area contributed by atoms with Crippen LogP contribution in [-0.2, 0) is 11.3 Å². The summed E-state index contributed by atoms with van der Waals surface area (Å²) < 4.78 is 6.31. The lowest BCUT2D eigenvalue weighted by atomic mass is 10.2. The standard InChI is InChI=1S/C19H19ClN4O2S2/c1-2-26-16-9-4-3-8-15(16)22-18-23-24-19(28-18)27-12-17(25)21-11-13-6-5-7-14(20)10-13/h3-10H,2,11-12H2,1H3,(H,21,25)(H,22,23). The van der Waals surface area contributed by atoms with Gasteiger partial charge >= 0.3 is 0 Å². The minimum atomic E-state index is -0.0728. The van der Waals surface area contributed by atoms with Crippen LogP contribution >= 0.6 is 34.7 Å². The third kappa shape index (κ3) is 6.12. The van der Waals surface area contributed by atoms with Crippen molar-refractivity contribution in [3.05, 3.63) is 59.1 Å². The van der Waals surface area contributed by atoms with E-state index in [0.717, 1.165) is 17.0 Å². The summed E-state index contributed by atoms with van der Waals surface area (Å²) in [6.07, 6.45) is 0. The van der Waals surface area contributed by atoms with Gasteiger partial charge < -0.3 is 15.4 Å².